The van der Waals surface area contributed by atoms with Gasteiger partial charge in [-0.2, -0.15) is 0 Å². The van der Waals surface area contributed by atoms with Crippen LogP contribution < -0.4 is 36.8 Å². The standard InChI is InChI=1S/C29H35ClO4.C23H24ClNO2.C21H30N2O4.C21H22N2O4.C16H24N2O4/c30-28-11-9-27(10-12-28)29(25-5-1-21(2-6-25)23(13-17-31)14-18-32)26-7-3-22(4-8-26)24(15-19-33)16-20-34;24-21-10-6-19(7-11-21)23(18-4-2-1-3-5-18)20-8-12-22(13-9-20)25(14-16-26)15-17-27;2*1-13-10-14(2)19(21(25)23-12-17-7-5-9-27-17)15(3)18(13)20(24)22-11-16-6-4-8-26-16;1-15(2,9-19)17-13(21)11-6-5-7-12(8-11)14(22)18-16(3,4)10-20/h1-12,23-24,29,31-34H,13-20H2;1-13,23,26-27H,14-17H2;10,16-17H,4-9,11-12H2,1-3H3,(H,22,24)(H,23,25);4-10H,11-12H2,1-3H3,(H,22,24)(H,23,25);5-8,19-20H,9-10H2,1-4H3,(H,17,21)(H,18,22). The van der Waals surface area contributed by atoms with Crippen molar-refractivity contribution in [3.63, 3.8) is 0 Å². The van der Waals surface area contributed by atoms with E-state index >= 15 is 0 Å². The van der Waals surface area contributed by atoms with Gasteiger partial charge >= 0.3 is 0 Å². The third kappa shape index (κ3) is 32.8. The van der Waals surface area contributed by atoms with Crippen LogP contribution in [0.3, 0.4) is 0 Å². The average molecular weight is 1910 g/mol. The van der Waals surface area contributed by atoms with Crippen LogP contribution in [0.1, 0.15) is 254 Å². The molecule has 2 fully saturated rings. The van der Waals surface area contributed by atoms with Crippen molar-refractivity contribution >= 4 is 64.3 Å². The van der Waals surface area contributed by atoms with E-state index in [1.165, 1.54) is 22.8 Å². The molecule has 0 aliphatic carbocycles. The Morgan fingerprint density at radius 2 is 0.693 bits per heavy atom. The van der Waals surface area contributed by atoms with Crippen LogP contribution in [0, 0.1) is 41.5 Å². The third-order valence-electron chi connectivity index (χ3n) is 24.2. The van der Waals surface area contributed by atoms with Gasteiger partial charge in [0.1, 0.15) is 11.5 Å². The zero-order chi connectivity index (χ0) is 99.1. The topological polar surface area (TPSA) is 384 Å². The maximum Gasteiger partial charge on any atom is 0.252 e. The van der Waals surface area contributed by atoms with Gasteiger partial charge in [0, 0.05) is 127 Å². The molecule has 3 unspecified atom stereocenters. The van der Waals surface area contributed by atoms with Crippen LogP contribution in [0.4, 0.5) is 5.69 Å². The van der Waals surface area contributed by atoms with Crippen LogP contribution in [0.2, 0.25) is 10.0 Å². The number of hydrogen-bond acceptors (Lipinski definition) is 19. The van der Waals surface area contributed by atoms with Crippen molar-refractivity contribution < 1.29 is 87.9 Å². The molecule has 11 aromatic rings. The number of hydrogen-bond donors (Lipinski definition) is 14. The fourth-order valence-corrected chi connectivity index (χ4v) is 17.3. The van der Waals surface area contributed by atoms with Gasteiger partial charge in [-0.3, -0.25) is 28.8 Å². The van der Waals surface area contributed by atoms with E-state index in [1.807, 2.05) is 94.1 Å². The zero-order valence-corrected chi connectivity index (χ0v) is 81.7. The smallest absolute Gasteiger partial charge is 0.252 e. The average Bonchev–Trinajstić information content (AvgIpc) is 1.47. The lowest BCUT2D eigenvalue weighted by Gasteiger charge is -2.24. The summed E-state index contributed by atoms with van der Waals surface area (Å²) >= 11 is 12.2. The second-order valence-electron chi connectivity index (χ2n) is 35.7. The van der Waals surface area contributed by atoms with Crippen molar-refractivity contribution in [2.75, 3.05) is 97.1 Å². The van der Waals surface area contributed by atoms with Crippen molar-refractivity contribution in [2.24, 2.45) is 0 Å². The molecule has 2 aromatic heterocycles. The molecule has 2 aliphatic heterocycles. The summed E-state index contributed by atoms with van der Waals surface area (Å²) in [4.78, 5) is 77.2. The van der Waals surface area contributed by atoms with Gasteiger partial charge in [-0.15, -0.1) is 0 Å². The number of aliphatic hydroxyl groups excluding tert-OH is 8. The number of carbonyl (C=O) groups is 6. The maximum atomic E-state index is 12.8. The minimum absolute atomic E-state index is 0.0173. The van der Waals surface area contributed by atoms with Gasteiger partial charge in [0.2, 0.25) is 0 Å². The number of rotatable bonds is 39. The molecule has 732 valence electrons. The van der Waals surface area contributed by atoms with E-state index in [2.05, 4.69) is 141 Å². The Balaban J connectivity index is 0.000000193. The number of carbonyl (C=O) groups excluding carboxylic acids is 6. The molecular formula is C110H135Cl2N7O18. The predicted molar refractivity (Wildman–Crippen MR) is 537 cm³/mol. The number of ether oxygens (including phenoxy) is 2. The first kappa shape index (κ1) is 109. The van der Waals surface area contributed by atoms with E-state index in [0.29, 0.717) is 120 Å². The summed E-state index contributed by atoms with van der Waals surface area (Å²) < 4.78 is 21.6. The summed E-state index contributed by atoms with van der Waals surface area (Å²) in [5.74, 6) is 0.241. The minimum atomic E-state index is -0.742. The van der Waals surface area contributed by atoms with E-state index in [1.54, 1.807) is 89.6 Å². The van der Waals surface area contributed by atoms with E-state index < -0.39 is 11.1 Å². The SMILES string of the molecule is CC(C)(CO)NC(=O)c1cccc(C(=O)NC(C)(C)CO)c1.Cc1cc(C)c(C(=O)NCC2CCCO2)c(C)c1C(=O)NCC1CCCO1.Cc1cc(C)c(C(=O)NCc2ccco2)c(C)c1C(=O)NCc1ccco1.OCCC(CCO)c1ccc(C(c2ccc(Cl)cc2)c2ccc(C(CCO)CCO)cc2)cc1.OCCN(CCO)c1ccc(C(c2ccccc2)c2ccc(Cl)cc2)cc1. The second-order valence-corrected chi connectivity index (χ2v) is 36.6. The van der Waals surface area contributed by atoms with E-state index in [-0.39, 0.29) is 124 Å². The molecule has 137 heavy (non-hydrogen) atoms. The molecule has 0 radical (unpaired) electrons. The molecule has 4 heterocycles. The fraction of sp³-hybridized carbons (Fsp3) is 0.382. The number of nitrogens with one attached hydrogen (secondary N) is 6. The van der Waals surface area contributed by atoms with Crippen LogP contribution in [0.25, 0.3) is 0 Å². The number of halogens is 2. The van der Waals surface area contributed by atoms with Crippen LogP contribution in [-0.2, 0) is 22.6 Å². The molecule has 6 amide bonds. The first-order valence-corrected chi connectivity index (χ1v) is 47.5. The molecule has 25 nitrogen and oxygen atoms in total. The Labute approximate surface area is 814 Å². The quantitative estimate of drug-likeness (QED) is 0.0159. The number of anilines is 1. The Kier molecular flexibility index (Phi) is 43.8. The van der Waals surface area contributed by atoms with Crippen molar-refractivity contribution in [2.45, 2.75) is 181 Å². The molecule has 14 N–H and O–H groups in total. The molecule has 2 saturated heterocycles. The van der Waals surface area contributed by atoms with Crippen molar-refractivity contribution in [3.8, 4) is 0 Å². The number of furan rings is 2. The molecule has 9 aromatic carbocycles. The van der Waals surface area contributed by atoms with Crippen molar-refractivity contribution in [1.82, 2.24) is 31.9 Å². The summed E-state index contributed by atoms with van der Waals surface area (Å²) in [5.41, 5.74) is 16.4. The van der Waals surface area contributed by atoms with Crippen LogP contribution in [0.15, 0.2) is 234 Å². The molecular weight excluding hydrogens is 1780 g/mol. The Bertz CT molecular complexity index is 5320. The summed E-state index contributed by atoms with van der Waals surface area (Å²) in [6.07, 6.45) is 9.85. The highest BCUT2D eigenvalue weighted by atomic mass is 35.5. The highest BCUT2D eigenvalue weighted by Gasteiger charge is 2.30. The van der Waals surface area contributed by atoms with Gasteiger partial charge < -0.3 is 96.0 Å². The molecule has 0 saturated carbocycles. The van der Waals surface area contributed by atoms with E-state index in [9.17, 15) is 69.6 Å². The summed E-state index contributed by atoms with van der Waals surface area (Å²) in [6, 6.07) is 68.7. The number of nitrogens with zero attached hydrogens (tertiary/aromatic N) is 1. The summed E-state index contributed by atoms with van der Waals surface area (Å²) in [5, 5.41) is 92.9. The van der Waals surface area contributed by atoms with Gasteiger partial charge in [-0.1, -0.05) is 157 Å². The number of benzene rings is 9. The Morgan fingerprint density at radius 3 is 1.00 bits per heavy atom. The largest absolute Gasteiger partial charge is 0.467 e. The second kappa shape index (κ2) is 55.1. The number of aliphatic hydroxyl groups is 8. The molecule has 13 rings (SSSR count). The van der Waals surface area contributed by atoms with Crippen LogP contribution in [-0.4, -0.2) is 192 Å². The predicted octanol–water partition coefficient (Wildman–Crippen LogP) is 16.3. The lowest BCUT2D eigenvalue weighted by atomic mass is 9.82. The Hall–Kier alpha value is -11.7. The lowest BCUT2D eigenvalue weighted by Crippen LogP contribution is -2.47. The van der Waals surface area contributed by atoms with Gasteiger partial charge in [0.15, 0.2) is 0 Å². The molecule has 0 bridgehead atoms. The highest BCUT2D eigenvalue weighted by molar-refractivity contribution is 6.30. The van der Waals surface area contributed by atoms with Crippen molar-refractivity contribution in [3.05, 3.63) is 358 Å². The summed E-state index contributed by atoms with van der Waals surface area (Å²) in [7, 11) is 0. The van der Waals surface area contributed by atoms with Gasteiger partial charge in [0.05, 0.1) is 75.3 Å². The van der Waals surface area contributed by atoms with E-state index in [4.69, 9.17) is 41.5 Å². The Morgan fingerprint density at radius 1 is 0.372 bits per heavy atom. The molecule has 27 heteroatoms. The summed E-state index contributed by atoms with van der Waals surface area (Å²) in [6.45, 7) is 22.2. The minimum Gasteiger partial charge on any atom is -0.467 e. The third-order valence-corrected chi connectivity index (χ3v) is 24.7. The first-order valence-electron chi connectivity index (χ1n) is 46.7. The molecule has 0 spiro atoms. The van der Waals surface area contributed by atoms with Gasteiger partial charge in [-0.25, -0.2) is 0 Å². The van der Waals surface area contributed by atoms with Gasteiger partial charge in [-0.05, 0) is 289 Å². The van der Waals surface area contributed by atoms with Crippen LogP contribution >= 0.6 is 23.2 Å². The normalized spacial score (nSPS) is 13.6. The maximum absolute atomic E-state index is 12.8. The van der Waals surface area contributed by atoms with Gasteiger partial charge in [0.25, 0.3) is 35.4 Å². The molecule has 2 aliphatic rings. The van der Waals surface area contributed by atoms with E-state index in [0.717, 1.165) is 105 Å². The lowest BCUT2D eigenvalue weighted by molar-refractivity contribution is 0.0848. The monoisotopic (exact) mass is 1910 g/mol. The first-order chi connectivity index (χ1) is 65.9. The zero-order valence-electron chi connectivity index (χ0n) is 80.2. The number of aryl methyl sites for hydroxylation is 4. The fourth-order valence-electron chi connectivity index (χ4n) is 17.0. The van der Waals surface area contributed by atoms with Crippen LogP contribution in [0.5, 0.6) is 0 Å². The molecule has 3 atom stereocenters. The highest BCUT2D eigenvalue weighted by Crippen LogP contribution is 2.38. The number of amides is 6. The van der Waals surface area contributed by atoms with Crippen molar-refractivity contribution in [1.29, 1.82) is 0 Å².